The number of hydrogen-bond donors (Lipinski definition) is 1. The zero-order valence-electron chi connectivity index (χ0n) is 17.4. The predicted octanol–water partition coefficient (Wildman–Crippen LogP) is 2.10. The van der Waals surface area contributed by atoms with Crippen LogP contribution in [-0.4, -0.2) is 66.4 Å². The fourth-order valence-electron chi connectivity index (χ4n) is 4.17. The molecule has 0 spiro atoms. The molecule has 1 fully saturated rings. The summed E-state index contributed by atoms with van der Waals surface area (Å²) in [6.07, 6.45) is -0.800. The topological polar surface area (TPSA) is 91.9 Å². The Kier molecular flexibility index (Phi) is 5.34. The number of rotatable bonds is 3. The SMILES string of the molecule is CC(=O)c1c(C)[nH]c(C(=O)N2C[C@H](C(=O)N3CCOCC3)Oc3ccccc32)c1C. The minimum Gasteiger partial charge on any atom is -0.476 e. The second-order valence-electron chi connectivity index (χ2n) is 7.61. The zero-order chi connectivity index (χ0) is 21.4. The Morgan fingerprint density at radius 1 is 1.10 bits per heavy atom. The molecule has 1 saturated heterocycles. The van der Waals surface area contributed by atoms with Gasteiger partial charge in [-0.15, -0.1) is 0 Å². The lowest BCUT2D eigenvalue weighted by Gasteiger charge is -2.37. The highest BCUT2D eigenvalue weighted by atomic mass is 16.5. The van der Waals surface area contributed by atoms with Gasteiger partial charge < -0.3 is 19.4 Å². The van der Waals surface area contributed by atoms with E-state index >= 15 is 0 Å². The molecule has 1 N–H and O–H groups in total. The molecule has 0 bridgehead atoms. The van der Waals surface area contributed by atoms with E-state index in [0.717, 1.165) is 0 Å². The smallest absolute Gasteiger partial charge is 0.275 e. The molecule has 1 aromatic heterocycles. The van der Waals surface area contributed by atoms with Crippen molar-refractivity contribution < 1.29 is 23.9 Å². The van der Waals surface area contributed by atoms with E-state index in [-0.39, 0.29) is 24.1 Å². The second kappa shape index (κ2) is 7.95. The van der Waals surface area contributed by atoms with Crippen molar-refractivity contribution in [2.75, 3.05) is 37.7 Å². The number of ether oxygens (including phenoxy) is 2. The number of carbonyl (C=O) groups is 3. The summed E-state index contributed by atoms with van der Waals surface area (Å²) >= 11 is 0. The van der Waals surface area contributed by atoms with Crippen LogP contribution in [0.25, 0.3) is 0 Å². The number of H-pyrrole nitrogens is 1. The average molecular weight is 411 g/mol. The van der Waals surface area contributed by atoms with Crippen molar-refractivity contribution in [3.05, 3.63) is 46.8 Å². The predicted molar refractivity (Wildman–Crippen MR) is 110 cm³/mol. The highest BCUT2D eigenvalue weighted by Crippen LogP contribution is 2.35. The number of benzene rings is 1. The van der Waals surface area contributed by atoms with Gasteiger partial charge in [0.1, 0.15) is 11.4 Å². The van der Waals surface area contributed by atoms with Crippen LogP contribution in [0.5, 0.6) is 5.75 Å². The van der Waals surface area contributed by atoms with Crippen LogP contribution in [-0.2, 0) is 9.53 Å². The van der Waals surface area contributed by atoms with E-state index < -0.39 is 6.10 Å². The highest BCUT2D eigenvalue weighted by molar-refractivity contribution is 6.10. The lowest BCUT2D eigenvalue weighted by atomic mass is 10.1. The molecule has 0 saturated carbocycles. The first-order valence-electron chi connectivity index (χ1n) is 10.0. The highest BCUT2D eigenvalue weighted by Gasteiger charge is 2.37. The summed E-state index contributed by atoms with van der Waals surface area (Å²) < 4.78 is 11.3. The van der Waals surface area contributed by atoms with Crippen molar-refractivity contribution in [3.8, 4) is 5.75 Å². The molecule has 0 aliphatic carbocycles. The first kappa shape index (κ1) is 20.2. The van der Waals surface area contributed by atoms with Gasteiger partial charge in [0.05, 0.1) is 25.4 Å². The molecule has 2 aromatic rings. The first-order chi connectivity index (χ1) is 14.4. The maximum atomic E-state index is 13.5. The van der Waals surface area contributed by atoms with Crippen LogP contribution in [0, 0.1) is 13.8 Å². The minimum atomic E-state index is -0.800. The summed E-state index contributed by atoms with van der Waals surface area (Å²) in [7, 11) is 0. The van der Waals surface area contributed by atoms with Crippen molar-refractivity contribution in [1.82, 2.24) is 9.88 Å². The molecule has 4 rings (SSSR count). The van der Waals surface area contributed by atoms with Gasteiger partial charge in [-0.2, -0.15) is 0 Å². The van der Waals surface area contributed by atoms with Gasteiger partial charge >= 0.3 is 0 Å². The van der Waals surface area contributed by atoms with Gasteiger partial charge in [-0.25, -0.2) is 0 Å². The Morgan fingerprint density at radius 3 is 2.47 bits per heavy atom. The van der Waals surface area contributed by atoms with Crippen LogP contribution in [0.4, 0.5) is 5.69 Å². The number of carbonyl (C=O) groups excluding carboxylic acids is 3. The van der Waals surface area contributed by atoms with Gasteiger partial charge in [-0.05, 0) is 38.5 Å². The molecular weight excluding hydrogens is 386 g/mol. The third-order valence-corrected chi connectivity index (χ3v) is 5.62. The standard InChI is InChI=1S/C22H25N3O5/c1-13-19(15(3)26)14(2)23-20(13)22(28)25-12-18(21(27)24-8-10-29-11-9-24)30-17-7-5-4-6-16(17)25/h4-7,18,23H,8-12H2,1-3H3/t18-/m1/s1. The summed E-state index contributed by atoms with van der Waals surface area (Å²) in [6.45, 7) is 7.11. The number of hydrogen-bond acceptors (Lipinski definition) is 5. The molecule has 2 aliphatic heterocycles. The normalized spacial score (nSPS) is 18.6. The third kappa shape index (κ3) is 3.47. The molecule has 8 heteroatoms. The van der Waals surface area contributed by atoms with Crippen molar-refractivity contribution in [2.24, 2.45) is 0 Å². The lowest BCUT2D eigenvalue weighted by molar-refractivity contribution is -0.142. The largest absolute Gasteiger partial charge is 0.476 e. The summed E-state index contributed by atoms with van der Waals surface area (Å²) in [5.41, 5.74) is 2.76. The molecule has 3 heterocycles. The fourth-order valence-corrected chi connectivity index (χ4v) is 4.17. The zero-order valence-corrected chi connectivity index (χ0v) is 17.4. The molecular formula is C22H25N3O5. The van der Waals surface area contributed by atoms with Crippen molar-refractivity contribution in [3.63, 3.8) is 0 Å². The summed E-state index contributed by atoms with van der Waals surface area (Å²) in [5, 5.41) is 0. The third-order valence-electron chi connectivity index (χ3n) is 5.62. The number of nitrogens with one attached hydrogen (secondary N) is 1. The molecule has 2 aliphatic rings. The minimum absolute atomic E-state index is 0.0944. The Labute approximate surface area is 174 Å². The van der Waals surface area contributed by atoms with Crippen LogP contribution in [0.15, 0.2) is 24.3 Å². The number of fused-ring (bicyclic) bond motifs is 1. The number of para-hydroxylation sites is 2. The monoisotopic (exact) mass is 411 g/mol. The Hall–Kier alpha value is -3.13. The van der Waals surface area contributed by atoms with Crippen LogP contribution >= 0.6 is 0 Å². The van der Waals surface area contributed by atoms with Crippen molar-refractivity contribution >= 4 is 23.3 Å². The van der Waals surface area contributed by atoms with Gasteiger partial charge in [-0.3, -0.25) is 19.3 Å². The lowest BCUT2D eigenvalue weighted by Crippen LogP contribution is -2.54. The Balaban J connectivity index is 1.68. The maximum Gasteiger partial charge on any atom is 0.275 e. The van der Waals surface area contributed by atoms with E-state index in [1.807, 2.05) is 6.07 Å². The van der Waals surface area contributed by atoms with Crippen LogP contribution in [0.3, 0.4) is 0 Å². The Morgan fingerprint density at radius 2 is 1.80 bits per heavy atom. The molecule has 0 unspecified atom stereocenters. The maximum absolute atomic E-state index is 13.5. The summed E-state index contributed by atoms with van der Waals surface area (Å²) in [6, 6.07) is 7.17. The van der Waals surface area contributed by atoms with Crippen LogP contribution < -0.4 is 9.64 Å². The van der Waals surface area contributed by atoms with Crippen molar-refractivity contribution in [1.29, 1.82) is 0 Å². The molecule has 8 nitrogen and oxygen atoms in total. The van der Waals surface area contributed by atoms with Crippen LogP contribution in [0.2, 0.25) is 0 Å². The molecule has 158 valence electrons. The number of nitrogens with zero attached hydrogens (tertiary/aromatic N) is 2. The molecule has 1 aromatic carbocycles. The number of Topliss-reactive ketones (excluding diaryl/α,β-unsaturated/α-hetero) is 1. The van der Waals surface area contributed by atoms with Gasteiger partial charge in [0, 0.05) is 24.3 Å². The number of aromatic amines is 1. The van der Waals surface area contributed by atoms with Gasteiger partial charge in [0.15, 0.2) is 11.9 Å². The summed E-state index contributed by atoms with van der Waals surface area (Å²) in [4.78, 5) is 44.9. The van der Waals surface area contributed by atoms with Gasteiger partial charge in [0.2, 0.25) is 0 Å². The fraction of sp³-hybridized carbons (Fsp3) is 0.409. The second-order valence-corrected chi connectivity index (χ2v) is 7.61. The number of aryl methyl sites for hydroxylation is 1. The molecule has 2 amide bonds. The number of amides is 2. The van der Waals surface area contributed by atoms with E-state index in [0.29, 0.717) is 60.3 Å². The Bertz CT molecular complexity index is 1010. The van der Waals surface area contributed by atoms with Crippen LogP contribution in [0.1, 0.15) is 39.0 Å². The van der Waals surface area contributed by atoms with E-state index in [1.54, 1.807) is 41.8 Å². The van der Waals surface area contributed by atoms with Gasteiger partial charge in [0.25, 0.3) is 11.8 Å². The molecule has 1 atom stereocenters. The quantitative estimate of drug-likeness (QED) is 0.781. The van der Waals surface area contributed by atoms with Gasteiger partial charge in [-0.1, -0.05) is 12.1 Å². The van der Waals surface area contributed by atoms with Crippen molar-refractivity contribution in [2.45, 2.75) is 26.9 Å². The number of aromatic nitrogens is 1. The van der Waals surface area contributed by atoms with E-state index in [4.69, 9.17) is 9.47 Å². The number of ketones is 1. The average Bonchev–Trinajstić information content (AvgIpc) is 3.06. The summed E-state index contributed by atoms with van der Waals surface area (Å²) in [5.74, 6) is -0.0625. The molecule has 0 radical (unpaired) electrons. The van der Waals surface area contributed by atoms with E-state index in [1.165, 1.54) is 6.92 Å². The first-order valence-corrected chi connectivity index (χ1v) is 10.0. The van der Waals surface area contributed by atoms with E-state index in [2.05, 4.69) is 4.98 Å². The number of anilines is 1. The molecule has 30 heavy (non-hydrogen) atoms. The van der Waals surface area contributed by atoms with E-state index in [9.17, 15) is 14.4 Å². The number of morpholine rings is 1.